The molecule has 0 unspecified atom stereocenters. The molecule has 1 aliphatic rings. The van der Waals surface area contributed by atoms with Gasteiger partial charge in [-0.05, 0) is 46.9 Å². The van der Waals surface area contributed by atoms with Gasteiger partial charge in [0.2, 0.25) is 0 Å². The number of pyridine rings is 1. The number of fused-ring (bicyclic) bond motifs is 5. The number of para-hydroxylation sites is 2. The first-order valence-electron chi connectivity index (χ1n) is 13.9. The van der Waals surface area contributed by atoms with Crippen LogP contribution >= 0.6 is 0 Å². The topological polar surface area (TPSA) is 34.0 Å². The fourth-order valence-corrected chi connectivity index (χ4v) is 5.78. The molecule has 0 spiro atoms. The largest absolute Gasteiger partial charge is 2.00 e. The van der Waals surface area contributed by atoms with Crippen molar-refractivity contribution in [2.45, 2.75) is 0 Å². The standard InChI is InChI=1S/C38H24N4.Pt/c1-2-12-29(13-3-1)41-24-23-40-38(41)28-20-21-34-32-16-5-4-15-31(32)33-17-6-7-19-36(33)42(37(34)26-28)30-14-10-11-27(25-30)35-18-8-9-22-39-35;/h1-24H;/q-2;+2. The van der Waals surface area contributed by atoms with E-state index in [2.05, 4.69) is 118 Å². The summed E-state index contributed by atoms with van der Waals surface area (Å²) in [5.74, 6) is 0.834. The summed E-state index contributed by atoms with van der Waals surface area (Å²) < 4.78 is 2.11. The average molecular weight is 732 g/mol. The molecule has 0 aliphatic carbocycles. The normalized spacial score (nSPS) is 11.5. The number of rotatable bonds is 4. The van der Waals surface area contributed by atoms with Crippen molar-refractivity contribution >= 4 is 17.1 Å². The molecule has 5 aromatic carbocycles. The minimum atomic E-state index is 0. The summed E-state index contributed by atoms with van der Waals surface area (Å²) in [5.41, 5.74) is 11.3. The van der Waals surface area contributed by atoms with Crippen molar-refractivity contribution < 1.29 is 21.1 Å². The molecule has 2 aromatic heterocycles. The zero-order valence-corrected chi connectivity index (χ0v) is 25.2. The van der Waals surface area contributed by atoms with Crippen LogP contribution in [0.3, 0.4) is 0 Å². The molecule has 0 N–H and O–H groups in total. The fourth-order valence-electron chi connectivity index (χ4n) is 5.78. The summed E-state index contributed by atoms with van der Waals surface area (Å²) in [6, 6.07) is 51.5. The number of benzene rings is 5. The van der Waals surface area contributed by atoms with Crippen molar-refractivity contribution in [3.05, 3.63) is 158 Å². The molecule has 1 aliphatic heterocycles. The Bertz CT molecular complexity index is 2050. The van der Waals surface area contributed by atoms with Gasteiger partial charge < -0.3 is 14.5 Å². The first-order chi connectivity index (χ1) is 20.8. The summed E-state index contributed by atoms with van der Waals surface area (Å²) in [4.78, 5) is 11.6. The van der Waals surface area contributed by atoms with Gasteiger partial charge in [-0.2, -0.15) is 0 Å². The molecular weight excluding hydrogens is 708 g/mol. The molecule has 0 bridgehead atoms. The van der Waals surface area contributed by atoms with Crippen LogP contribution in [0.1, 0.15) is 0 Å². The number of hydrogen-bond donors (Lipinski definition) is 0. The van der Waals surface area contributed by atoms with E-state index >= 15 is 0 Å². The van der Waals surface area contributed by atoms with Gasteiger partial charge in [-0.15, -0.1) is 53.6 Å². The first-order valence-corrected chi connectivity index (χ1v) is 13.9. The van der Waals surface area contributed by atoms with Crippen LogP contribution in [0.5, 0.6) is 0 Å². The van der Waals surface area contributed by atoms with Gasteiger partial charge in [-0.25, -0.2) is 0 Å². The van der Waals surface area contributed by atoms with Gasteiger partial charge in [-0.1, -0.05) is 83.9 Å². The third kappa shape index (κ3) is 4.70. The Balaban J connectivity index is 0.00000300. The number of aromatic nitrogens is 3. The molecule has 0 radical (unpaired) electrons. The Kier molecular flexibility index (Phi) is 7.06. The molecule has 0 atom stereocenters. The van der Waals surface area contributed by atoms with Gasteiger partial charge in [0.15, 0.2) is 0 Å². The number of anilines is 3. The maximum absolute atomic E-state index is 4.77. The molecule has 5 heteroatoms. The van der Waals surface area contributed by atoms with E-state index in [1.54, 1.807) is 0 Å². The fraction of sp³-hybridized carbons (Fsp3) is 0. The van der Waals surface area contributed by atoms with Crippen LogP contribution in [0.25, 0.3) is 50.6 Å². The van der Waals surface area contributed by atoms with Crippen LogP contribution in [-0.4, -0.2) is 14.5 Å². The molecule has 0 fully saturated rings. The van der Waals surface area contributed by atoms with E-state index in [-0.39, 0.29) is 21.1 Å². The summed E-state index contributed by atoms with van der Waals surface area (Å²) in [7, 11) is 0. The minimum Gasteiger partial charge on any atom is -0.345 e. The van der Waals surface area contributed by atoms with E-state index in [1.807, 2.05) is 55.0 Å². The predicted octanol–water partition coefficient (Wildman–Crippen LogP) is 9.32. The predicted molar refractivity (Wildman–Crippen MR) is 169 cm³/mol. The SMILES string of the molecule is [Pt+2].[c-]1c(-c2ccccn2)cccc1N1c2[c-]c(-c3nccn3-c3ccccc3)ccc2-c2ccccc2-c2ccccc21. The zero-order chi connectivity index (χ0) is 27.9. The maximum Gasteiger partial charge on any atom is 2.00 e. The monoisotopic (exact) mass is 731 g/mol. The molecule has 0 saturated carbocycles. The molecule has 206 valence electrons. The molecule has 7 aromatic rings. The Morgan fingerprint density at radius 1 is 0.512 bits per heavy atom. The number of imidazole rings is 1. The van der Waals surface area contributed by atoms with E-state index in [1.165, 1.54) is 5.56 Å². The molecule has 3 heterocycles. The van der Waals surface area contributed by atoms with Gasteiger partial charge in [0, 0.05) is 29.8 Å². The Labute approximate surface area is 265 Å². The number of hydrogen-bond acceptors (Lipinski definition) is 3. The summed E-state index contributed by atoms with van der Waals surface area (Å²) in [5, 5.41) is 0. The molecule has 0 amide bonds. The van der Waals surface area contributed by atoms with E-state index in [4.69, 9.17) is 4.98 Å². The van der Waals surface area contributed by atoms with Crippen molar-refractivity contribution in [2.24, 2.45) is 0 Å². The van der Waals surface area contributed by atoms with Crippen LogP contribution in [0.4, 0.5) is 17.1 Å². The molecule has 4 nitrogen and oxygen atoms in total. The summed E-state index contributed by atoms with van der Waals surface area (Å²) in [6.07, 6.45) is 5.66. The first kappa shape index (κ1) is 26.8. The van der Waals surface area contributed by atoms with Crippen molar-refractivity contribution in [3.8, 4) is 50.6 Å². The Morgan fingerprint density at radius 3 is 2.07 bits per heavy atom. The van der Waals surface area contributed by atoms with Crippen molar-refractivity contribution in [1.82, 2.24) is 14.5 Å². The maximum atomic E-state index is 4.77. The zero-order valence-electron chi connectivity index (χ0n) is 23.0. The Hall–Kier alpha value is -5.05. The van der Waals surface area contributed by atoms with Gasteiger partial charge in [0.1, 0.15) is 0 Å². The van der Waals surface area contributed by atoms with E-state index < -0.39 is 0 Å². The van der Waals surface area contributed by atoms with E-state index in [0.29, 0.717) is 0 Å². The number of nitrogens with zero attached hydrogens (tertiary/aromatic N) is 4. The second-order valence-corrected chi connectivity index (χ2v) is 10.2. The average Bonchev–Trinajstić information content (AvgIpc) is 3.52. The molecule has 0 saturated heterocycles. The third-order valence-corrected chi connectivity index (χ3v) is 7.68. The van der Waals surface area contributed by atoms with Crippen LogP contribution in [0, 0.1) is 12.1 Å². The van der Waals surface area contributed by atoms with Gasteiger partial charge >= 0.3 is 21.1 Å². The van der Waals surface area contributed by atoms with Crippen LogP contribution in [-0.2, 0) is 21.1 Å². The van der Waals surface area contributed by atoms with E-state index in [0.717, 1.165) is 62.1 Å². The van der Waals surface area contributed by atoms with Gasteiger partial charge in [0.05, 0.1) is 11.5 Å². The van der Waals surface area contributed by atoms with Crippen molar-refractivity contribution in [3.63, 3.8) is 0 Å². The van der Waals surface area contributed by atoms with Crippen LogP contribution in [0.2, 0.25) is 0 Å². The molecule has 43 heavy (non-hydrogen) atoms. The quantitative estimate of drug-likeness (QED) is 0.169. The van der Waals surface area contributed by atoms with Crippen LogP contribution < -0.4 is 4.90 Å². The second kappa shape index (κ2) is 11.3. The van der Waals surface area contributed by atoms with Gasteiger partial charge in [-0.3, -0.25) is 4.98 Å². The van der Waals surface area contributed by atoms with Crippen molar-refractivity contribution in [1.29, 1.82) is 0 Å². The summed E-state index contributed by atoms with van der Waals surface area (Å²) in [6.45, 7) is 0. The Morgan fingerprint density at radius 2 is 1.26 bits per heavy atom. The van der Waals surface area contributed by atoms with Crippen molar-refractivity contribution in [2.75, 3.05) is 4.90 Å². The smallest absolute Gasteiger partial charge is 0.345 e. The third-order valence-electron chi connectivity index (χ3n) is 7.68. The van der Waals surface area contributed by atoms with Crippen LogP contribution in [0.15, 0.2) is 146 Å². The second-order valence-electron chi connectivity index (χ2n) is 10.2. The summed E-state index contributed by atoms with van der Waals surface area (Å²) >= 11 is 0. The molecule has 8 rings (SSSR count). The van der Waals surface area contributed by atoms with Gasteiger partial charge in [0.25, 0.3) is 0 Å². The van der Waals surface area contributed by atoms with E-state index in [9.17, 15) is 0 Å². The molecular formula is C38H24N4Pt. The minimum absolute atomic E-state index is 0.